The molecule has 2 heterocycles. The second kappa shape index (κ2) is 8.51. The lowest BCUT2D eigenvalue weighted by Gasteiger charge is -2.21. The van der Waals surface area contributed by atoms with E-state index < -0.39 is 4.92 Å². The van der Waals surface area contributed by atoms with Gasteiger partial charge in [0.2, 0.25) is 5.13 Å². The van der Waals surface area contributed by atoms with Crippen LogP contribution in [0.5, 0.6) is 0 Å². The van der Waals surface area contributed by atoms with Crippen molar-refractivity contribution in [2.45, 2.75) is 12.5 Å². The molecule has 0 amide bonds. The van der Waals surface area contributed by atoms with Gasteiger partial charge in [-0.1, -0.05) is 24.3 Å². The highest BCUT2D eigenvalue weighted by Gasteiger charge is 2.32. The zero-order valence-electron chi connectivity index (χ0n) is 17.1. The number of rotatable bonds is 5. The van der Waals surface area contributed by atoms with Gasteiger partial charge in [0.25, 0.3) is 5.69 Å². The molecule has 3 aromatic carbocycles. The van der Waals surface area contributed by atoms with E-state index in [-0.39, 0.29) is 23.4 Å². The molecule has 4 aromatic rings. The summed E-state index contributed by atoms with van der Waals surface area (Å²) < 4.78 is 26.8. The first-order valence-corrected chi connectivity index (χ1v) is 10.9. The smallest absolute Gasteiger partial charge is 0.258 e. The lowest BCUT2D eigenvalue weighted by Crippen LogP contribution is -2.18. The Morgan fingerprint density at radius 2 is 1.67 bits per heavy atom. The molecular formula is C24H16F2N4O2S. The number of aromatic nitrogens is 1. The molecule has 0 saturated carbocycles. The molecule has 1 aliphatic heterocycles. The van der Waals surface area contributed by atoms with Crippen LogP contribution in [-0.2, 0) is 0 Å². The molecule has 0 fully saturated rings. The van der Waals surface area contributed by atoms with Crippen LogP contribution in [0.25, 0.3) is 11.3 Å². The molecule has 164 valence electrons. The van der Waals surface area contributed by atoms with Crippen LogP contribution < -0.4 is 5.01 Å². The Balaban J connectivity index is 1.54. The molecule has 33 heavy (non-hydrogen) atoms. The molecule has 1 atom stereocenters. The molecule has 0 bridgehead atoms. The summed E-state index contributed by atoms with van der Waals surface area (Å²) in [6.45, 7) is 0. The van der Waals surface area contributed by atoms with Gasteiger partial charge in [-0.25, -0.2) is 18.8 Å². The van der Waals surface area contributed by atoms with Crippen LogP contribution in [-0.4, -0.2) is 15.6 Å². The van der Waals surface area contributed by atoms with Gasteiger partial charge in [0.15, 0.2) is 0 Å². The topological polar surface area (TPSA) is 71.6 Å². The Kier molecular flexibility index (Phi) is 5.39. The number of anilines is 1. The maximum Gasteiger partial charge on any atom is 0.270 e. The van der Waals surface area contributed by atoms with Gasteiger partial charge in [0.1, 0.15) is 11.6 Å². The largest absolute Gasteiger partial charge is 0.270 e. The van der Waals surface area contributed by atoms with Crippen LogP contribution in [0.4, 0.5) is 19.6 Å². The Morgan fingerprint density at radius 3 is 2.36 bits per heavy atom. The number of nitro groups is 1. The Bertz CT molecular complexity index is 1350. The summed E-state index contributed by atoms with van der Waals surface area (Å²) in [5, 5.41) is 20.2. The van der Waals surface area contributed by atoms with Crippen LogP contribution in [0.1, 0.15) is 23.6 Å². The average molecular weight is 462 g/mol. The third-order valence-corrected chi connectivity index (χ3v) is 6.21. The highest BCUT2D eigenvalue weighted by Crippen LogP contribution is 2.39. The summed E-state index contributed by atoms with van der Waals surface area (Å²) >= 11 is 1.38. The number of halogens is 2. The fraction of sp³-hybridized carbons (Fsp3) is 0.0833. The molecule has 0 aliphatic carbocycles. The molecule has 0 saturated heterocycles. The number of benzene rings is 3. The standard InChI is InChI=1S/C24H16F2N4O2S/c25-18-8-4-15(5-9-18)22-14-33-24(27-22)29-23(16-6-10-19(26)11-7-16)13-21(28-29)17-2-1-3-20(12-17)30(31)32/h1-12,14,23H,13H2/t23-/m1/s1. The summed E-state index contributed by atoms with van der Waals surface area (Å²) in [4.78, 5) is 15.5. The lowest BCUT2D eigenvalue weighted by molar-refractivity contribution is -0.384. The number of thiazole rings is 1. The first kappa shape index (κ1) is 20.9. The summed E-state index contributed by atoms with van der Waals surface area (Å²) in [7, 11) is 0. The van der Waals surface area contributed by atoms with Crippen LogP contribution >= 0.6 is 11.3 Å². The highest BCUT2D eigenvalue weighted by atomic mass is 32.1. The zero-order valence-corrected chi connectivity index (χ0v) is 17.9. The predicted octanol–water partition coefficient (Wildman–Crippen LogP) is 6.35. The third-order valence-electron chi connectivity index (χ3n) is 5.38. The van der Waals surface area contributed by atoms with Crippen LogP contribution in [0.15, 0.2) is 83.3 Å². The fourth-order valence-corrected chi connectivity index (χ4v) is 4.56. The Labute approximate surface area is 191 Å². The van der Waals surface area contributed by atoms with Gasteiger partial charge >= 0.3 is 0 Å². The van der Waals surface area contributed by atoms with E-state index in [0.717, 1.165) is 11.1 Å². The molecule has 9 heteroatoms. The second-order valence-corrected chi connectivity index (χ2v) is 8.33. The van der Waals surface area contributed by atoms with Crippen LogP contribution in [0, 0.1) is 21.7 Å². The molecule has 0 N–H and O–H groups in total. The number of non-ortho nitro benzene ring substituents is 1. The van der Waals surface area contributed by atoms with Crippen molar-refractivity contribution in [2.24, 2.45) is 5.10 Å². The number of hydrazone groups is 1. The minimum absolute atomic E-state index is 0.0140. The van der Waals surface area contributed by atoms with Crippen molar-refractivity contribution >= 4 is 27.9 Å². The maximum atomic E-state index is 13.5. The van der Waals surface area contributed by atoms with Crippen molar-refractivity contribution in [3.63, 3.8) is 0 Å². The monoisotopic (exact) mass is 462 g/mol. The average Bonchev–Trinajstić information content (AvgIpc) is 3.48. The minimum Gasteiger partial charge on any atom is -0.258 e. The van der Waals surface area contributed by atoms with Crippen molar-refractivity contribution in [2.75, 3.05) is 5.01 Å². The highest BCUT2D eigenvalue weighted by molar-refractivity contribution is 7.14. The molecule has 5 rings (SSSR count). The summed E-state index contributed by atoms with van der Waals surface area (Å²) in [6.07, 6.45) is 0.470. The van der Waals surface area contributed by atoms with Crippen molar-refractivity contribution in [1.29, 1.82) is 0 Å². The number of nitrogens with zero attached hydrogens (tertiary/aromatic N) is 4. The maximum absolute atomic E-state index is 13.5. The van der Waals surface area contributed by atoms with Gasteiger partial charge in [0.05, 0.1) is 22.4 Å². The van der Waals surface area contributed by atoms with Gasteiger partial charge in [0, 0.05) is 35.1 Å². The van der Waals surface area contributed by atoms with Crippen LogP contribution in [0.3, 0.4) is 0 Å². The number of hydrogen-bond donors (Lipinski definition) is 0. The molecule has 1 aliphatic rings. The van der Waals surface area contributed by atoms with Crippen molar-refractivity contribution in [1.82, 2.24) is 4.98 Å². The summed E-state index contributed by atoms with van der Waals surface area (Å²) in [6, 6.07) is 18.3. The fourth-order valence-electron chi connectivity index (χ4n) is 3.73. The minimum atomic E-state index is -0.440. The second-order valence-electron chi connectivity index (χ2n) is 7.49. The van der Waals surface area contributed by atoms with Crippen molar-refractivity contribution < 1.29 is 13.7 Å². The zero-order chi connectivity index (χ0) is 22.9. The van der Waals surface area contributed by atoms with Gasteiger partial charge in [-0.05, 0) is 42.0 Å². The van der Waals surface area contributed by atoms with E-state index in [2.05, 4.69) is 0 Å². The molecule has 1 aromatic heterocycles. The first-order chi connectivity index (χ1) is 16.0. The normalized spacial score (nSPS) is 15.5. The van der Waals surface area contributed by atoms with Gasteiger partial charge in [-0.2, -0.15) is 5.10 Å². The quantitative estimate of drug-likeness (QED) is 0.256. The number of nitro benzene ring substituents is 1. The molecule has 0 radical (unpaired) electrons. The van der Waals surface area contributed by atoms with E-state index in [1.165, 1.54) is 47.7 Å². The van der Waals surface area contributed by atoms with Gasteiger partial charge in [-0.3, -0.25) is 10.1 Å². The van der Waals surface area contributed by atoms with E-state index >= 15 is 0 Å². The molecule has 0 spiro atoms. The van der Waals surface area contributed by atoms with Gasteiger partial charge < -0.3 is 0 Å². The Morgan fingerprint density at radius 1 is 0.970 bits per heavy atom. The van der Waals surface area contributed by atoms with Crippen LogP contribution in [0.2, 0.25) is 0 Å². The van der Waals surface area contributed by atoms with E-state index in [0.29, 0.717) is 28.5 Å². The van der Waals surface area contributed by atoms with Crippen molar-refractivity contribution in [3.8, 4) is 11.3 Å². The lowest BCUT2D eigenvalue weighted by atomic mass is 9.98. The van der Waals surface area contributed by atoms with E-state index in [1.807, 2.05) is 5.38 Å². The van der Waals surface area contributed by atoms with E-state index in [1.54, 1.807) is 41.4 Å². The van der Waals surface area contributed by atoms with E-state index in [4.69, 9.17) is 10.1 Å². The summed E-state index contributed by atoms with van der Waals surface area (Å²) in [5.74, 6) is -0.660. The molecule has 6 nitrogen and oxygen atoms in total. The van der Waals surface area contributed by atoms with E-state index in [9.17, 15) is 18.9 Å². The molecule has 0 unspecified atom stereocenters. The van der Waals surface area contributed by atoms with Crippen molar-refractivity contribution in [3.05, 3.63) is 111 Å². The number of hydrogen-bond acceptors (Lipinski definition) is 6. The third kappa shape index (κ3) is 4.22. The molecular weight excluding hydrogens is 446 g/mol. The first-order valence-electron chi connectivity index (χ1n) is 10.1. The van der Waals surface area contributed by atoms with Gasteiger partial charge in [-0.15, -0.1) is 11.3 Å². The summed E-state index contributed by atoms with van der Waals surface area (Å²) in [5.41, 5.74) is 3.62. The predicted molar refractivity (Wildman–Crippen MR) is 123 cm³/mol. The SMILES string of the molecule is O=[N+]([O-])c1cccc(C2=NN(c3nc(-c4ccc(F)cc4)cs3)[C@@H](c3ccc(F)cc3)C2)c1. The Hall–Kier alpha value is -3.98.